The molecule has 4 heteroatoms. The van der Waals surface area contributed by atoms with Gasteiger partial charge in [-0.2, -0.15) is 0 Å². The fourth-order valence-corrected chi connectivity index (χ4v) is 3.17. The molecule has 1 aromatic rings. The molecule has 0 radical (unpaired) electrons. The molecule has 0 bridgehead atoms. The topological polar surface area (TPSA) is 45.6 Å². The van der Waals surface area contributed by atoms with Gasteiger partial charge in [-0.1, -0.05) is 6.42 Å². The standard InChI is InChI=1S/C16H26N2O2/c1-12-10-17-15(13(2)16(12)20-3)11-18-8-5-4-6-14(18)7-9-19/h10,14,19H,4-9,11H2,1-3H3. The van der Waals surface area contributed by atoms with Gasteiger partial charge in [-0.05, 0) is 39.7 Å². The average molecular weight is 278 g/mol. The van der Waals surface area contributed by atoms with E-state index in [4.69, 9.17) is 4.74 Å². The number of hydrogen-bond donors (Lipinski definition) is 1. The number of methoxy groups -OCH3 is 1. The fourth-order valence-electron chi connectivity index (χ4n) is 3.17. The third-order valence-corrected chi connectivity index (χ3v) is 4.31. The van der Waals surface area contributed by atoms with E-state index < -0.39 is 0 Å². The molecule has 1 saturated heterocycles. The zero-order valence-corrected chi connectivity index (χ0v) is 12.9. The van der Waals surface area contributed by atoms with Gasteiger partial charge in [0.15, 0.2) is 0 Å². The number of likely N-dealkylation sites (tertiary alicyclic amines) is 1. The molecular weight excluding hydrogens is 252 g/mol. The monoisotopic (exact) mass is 278 g/mol. The fraction of sp³-hybridized carbons (Fsp3) is 0.688. The van der Waals surface area contributed by atoms with Crippen molar-refractivity contribution in [1.82, 2.24) is 9.88 Å². The van der Waals surface area contributed by atoms with E-state index in [0.717, 1.165) is 42.1 Å². The highest BCUT2D eigenvalue weighted by molar-refractivity contribution is 5.41. The molecule has 20 heavy (non-hydrogen) atoms. The molecule has 112 valence electrons. The first-order valence-corrected chi connectivity index (χ1v) is 7.51. The van der Waals surface area contributed by atoms with Crippen molar-refractivity contribution in [3.8, 4) is 5.75 Å². The van der Waals surface area contributed by atoms with E-state index in [1.807, 2.05) is 13.1 Å². The van der Waals surface area contributed by atoms with Crippen molar-refractivity contribution in [1.29, 1.82) is 0 Å². The molecule has 1 unspecified atom stereocenters. The maximum absolute atomic E-state index is 9.21. The third-order valence-electron chi connectivity index (χ3n) is 4.31. The van der Waals surface area contributed by atoms with Gasteiger partial charge >= 0.3 is 0 Å². The number of pyridine rings is 1. The molecule has 4 nitrogen and oxygen atoms in total. The zero-order chi connectivity index (χ0) is 14.5. The Morgan fingerprint density at radius 2 is 2.20 bits per heavy atom. The molecule has 0 aromatic carbocycles. The lowest BCUT2D eigenvalue weighted by atomic mass is 9.99. The van der Waals surface area contributed by atoms with Crippen LogP contribution in [-0.4, -0.2) is 41.3 Å². The van der Waals surface area contributed by atoms with Gasteiger partial charge in [-0.3, -0.25) is 9.88 Å². The summed E-state index contributed by atoms with van der Waals surface area (Å²) in [7, 11) is 1.72. The van der Waals surface area contributed by atoms with Crippen molar-refractivity contribution in [3.63, 3.8) is 0 Å². The quantitative estimate of drug-likeness (QED) is 0.898. The van der Waals surface area contributed by atoms with Crippen LogP contribution >= 0.6 is 0 Å². The van der Waals surface area contributed by atoms with Crippen LogP contribution in [0, 0.1) is 13.8 Å². The molecule has 0 aliphatic carbocycles. The van der Waals surface area contributed by atoms with Gasteiger partial charge in [-0.15, -0.1) is 0 Å². The zero-order valence-electron chi connectivity index (χ0n) is 12.9. The van der Waals surface area contributed by atoms with Crippen LogP contribution in [0.2, 0.25) is 0 Å². The summed E-state index contributed by atoms with van der Waals surface area (Å²) in [4.78, 5) is 7.05. The smallest absolute Gasteiger partial charge is 0.128 e. The molecule has 2 heterocycles. The van der Waals surface area contributed by atoms with Crippen molar-refractivity contribution >= 4 is 0 Å². The van der Waals surface area contributed by atoms with E-state index in [0.29, 0.717) is 6.04 Å². The van der Waals surface area contributed by atoms with Gasteiger partial charge < -0.3 is 9.84 Å². The van der Waals surface area contributed by atoms with Crippen LogP contribution in [0.5, 0.6) is 5.75 Å². The Balaban J connectivity index is 2.16. The summed E-state index contributed by atoms with van der Waals surface area (Å²) in [6.07, 6.45) is 6.45. The summed E-state index contributed by atoms with van der Waals surface area (Å²) in [6, 6.07) is 0.488. The van der Waals surface area contributed by atoms with Gasteiger partial charge in [0.05, 0.1) is 12.8 Å². The summed E-state index contributed by atoms with van der Waals surface area (Å²) >= 11 is 0. The second kappa shape index (κ2) is 7.04. The predicted octanol–water partition coefficient (Wildman–Crippen LogP) is 2.44. The summed E-state index contributed by atoms with van der Waals surface area (Å²) in [5, 5.41) is 9.21. The SMILES string of the molecule is COc1c(C)cnc(CN2CCCCC2CCO)c1C. The lowest BCUT2D eigenvalue weighted by molar-refractivity contribution is 0.111. The Kier molecular flexibility index (Phi) is 5.38. The normalized spacial score (nSPS) is 20.1. The van der Waals surface area contributed by atoms with Crippen LogP contribution in [0.3, 0.4) is 0 Å². The highest BCUT2D eigenvalue weighted by Crippen LogP contribution is 2.27. The number of rotatable bonds is 5. The molecule has 0 spiro atoms. The molecule has 1 N–H and O–H groups in total. The number of nitrogens with zero attached hydrogens (tertiary/aromatic N) is 2. The summed E-state index contributed by atoms with van der Waals surface area (Å²) < 4.78 is 5.48. The Labute approximate surface area is 121 Å². The second-order valence-corrected chi connectivity index (χ2v) is 5.68. The first kappa shape index (κ1) is 15.3. The van der Waals surface area contributed by atoms with Crippen molar-refractivity contribution in [2.45, 2.75) is 52.1 Å². The number of aryl methyl sites for hydroxylation is 1. The molecule has 1 atom stereocenters. The number of aromatic nitrogens is 1. The van der Waals surface area contributed by atoms with E-state index in [-0.39, 0.29) is 6.61 Å². The van der Waals surface area contributed by atoms with Crippen molar-refractivity contribution in [2.75, 3.05) is 20.3 Å². The molecular formula is C16H26N2O2. The summed E-state index contributed by atoms with van der Waals surface area (Å²) in [5.74, 6) is 0.950. The highest BCUT2D eigenvalue weighted by atomic mass is 16.5. The Morgan fingerprint density at radius 1 is 1.40 bits per heavy atom. The Hall–Kier alpha value is -1.13. The first-order chi connectivity index (χ1) is 9.67. The molecule has 0 amide bonds. The van der Waals surface area contributed by atoms with Gasteiger partial charge in [0.25, 0.3) is 0 Å². The first-order valence-electron chi connectivity index (χ1n) is 7.51. The number of hydrogen-bond acceptors (Lipinski definition) is 4. The average Bonchev–Trinajstić information content (AvgIpc) is 2.45. The largest absolute Gasteiger partial charge is 0.496 e. The number of ether oxygens (including phenoxy) is 1. The van der Waals surface area contributed by atoms with Crippen LogP contribution in [-0.2, 0) is 6.54 Å². The Morgan fingerprint density at radius 3 is 2.90 bits per heavy atom. The van der Waals surface area contributed by atoms with Crippen LogP contribution in [0.1, 0.15) is 42.5 Å². The predicted molar refractivity (Wildman–Crippen MR) is 80.0 cm³/mol. The minimum atomic E-state index is 0.269. The van der Waals surface area contributed by atoms with E-state index in [9.17, 15) is 5.11 Å². The molecule has 0 saturated carbocycles. The van der Waals surface area contributed by atoms with Crippen molar-refractivity contribution < 1.29 is 9.84 Å². The van der Waals surface area contributed by atoms with Crippen LogP contribution < -0.4 is 4.74 Å². The van der Waals surface area contributed by atoms with E-state index in [2.05, 4.69) is 16.8 Å². The van der Waals surface area contributed by atoms with Gasteiger partial charge in [0.2, 0.25) is 0 Å². The molecule has 1 aliphatic rings. The van der Waals surface area contributed by atoms with Crippen LogP contribution in [0.4, 0.5) is 0 Å². The van der Waals surface area contributed by atoms with E-state index in [1.54, 1.807) is 7.11 Å². The maximum Gasteiger partial charge on any atom is 0.128 e. The number of aliphatic hydroxyl groups excluding tert-OH is 1. The van der Waals surface area contributed by atoms with Gasteiger partial charge in [-0.25, -0.2) is 0 Å². The van der Waals surface area contributed by atoms with Crippen LogP contribution in [0.15, 0.2) is 6.20 Å². The van der Waals surface area contributed by atoms with E-state index >= 15 is 0 Å². The molecule has 1 fully saturated rings. The third kappa shape index (κ3) is 3.30. The van der Waals surface area contributed by atoms with Crippen LogP contribution in [0.25, 0.3) is 0 Å². The van der Waals surface area contributed by atoms with Gasteiger partial charge in [0.1, 0.15) is 5.75 Å². The molecule has 2 rings (SSSR count). The molecule has 1 aliphatic heterocycles. The Bertz CT molecular complexity index is 446. The summed E-state index contributed by atoms with van der Waals surface area (Å²) in [5.41, 5.74) is 3.32. The highest BCUT2D eigenvalue weighted by Gasteiger charge is 2.23. The van der Waals surface area contributed by atoms with Gasteiger partial charge in [0, 0.05) is 36.5 Å². The summed E-state index contributed by atoms with van der Waals surface area (Å²) in [6.45, 7) is 6.33. The maximum atomic E-state index is 9.21. The minimum Gasteiger partial charge on any atom is -0.496 e. The van der Waals surface area contributed by atoms with E-state index in [1.165, 1.54) is 19.3 Å². The van der Waals surface area contributed by atoms with Crippen molar-refractivity contribution in [3.05, 3.63) is 23.0 Å². The lowest BCUT2D eigenvalue weighted by Gasteiger charge is -2.35. The number of aliphatic hydroxyl groups is 1. The molecule has 1 aromatic heterocycles. The lowest BCUT2D eigenvalue weighted by Crippen LogP contribution is -2.39. The van der Waals surface area contributed by atoms with Crippen molar-refractivity contribution in [2.24, 2.45) is 0 Å². The number of piperidine rings is 1. The second-order valence-electron chi connectivity index (χ2n) is 5.68. The minimum absolute atomic E-state index is 0.269.